The Bertz CT molecular complexity index is 616. The van der Waals surface area contributed by atoms with Gasteiger partial charge in [0.15, 0.2) is 0 Å². The van der Waals surface area contributed by atoms with Gasteiger partial charge >= 0.3 is 0 Å². The lowest BCUT2D eigenvalue weighted by atomic mass is 10.1. The van der Waals surface area contributed by atoms with Crippen molar-refractivity contribution in [3.8, 4) is 11.5 Å². The minimum atomic E-state index is -0.401. The van der Waals surface area contributed by atoms with Crippen LogP contribution in [0, 0.1) is 0 Å². The smallest absolute Gasteiger partial charge is 0.248 e. The van der Waals surface area contributed by atoms with Gasteiger partial charge in [0.1, 0.15) is 6.04 Å². The molecule has 3 rings (SSSR count). The van der Waals surface area contributed by atoms with Gasteiger partial charge in [0, 0.05) is 6.20 Å². The third-order valence-corrected chi connectivity index (χ3v) is 2.71. The van der Waals surface area contributed by atoms with Gasteiger partial charge in [0.2, 0.25) is 11.7 Å². The molecule has 3 N–H and O–H groups in total. The molecular formula is C13H12N4O. The van der Waals surface area contributed by atoms with Gasteiger partial charge in [-0.2, -0.15) is 4.98 Å². The maximum absolute atomic E-state index is 6.08. The number of benzene rings is 1. The van der Waals surface area contributed by atoms with Crippen molar-refractivity contribution in [2.45, 2.75) is 6.04 Å². The minimum Gasteiger partial charge on any atom is -0.359 e. The van der Waals surface area contributed by atoms with E-state index in [9.17, 15) is 0 Å². The Morgan fingerprint density at radius 3 is 2.67 bits per heavy atom. The molecule has 0 bridgehead atoms. The maximum atomic E-state index is 6.08. The largest absolute Gasteiger partial charge is 0.359 e. The monoisotopic (exact) mass is 240 g/mol. The molecule has 5 nitrogen and oxygen atoms in total. The molecule has 0 aliphatic carbocycles. The predicted molar refractivity (Wildman–Crippen MR) is 66.6 cm³/mol. The lowest BCUT2D eigenvalue weighted by Crippen LogP contribution is -2.11. The fourth-order valence-corrected chi connectivity index (χ4v) is 1.74. The topological polar surface area (TPSA) is 80.7 Å². The predicted octanol–water partition coefficient (Wildman–Crippen LogP) is 2.11. The summed E-state index contributed by atoms with van der Waals surface area (Å²) < 4.78 is 5.20. The van der Waals surface area contributed by atoms with Crippen LogP contribution < -0.4 is 5.73 Å². The van der Waals surface area contributed by atoms with Gasteiger partial charge in [-0.15, -0.1) is 0 Å². The summed E-state index contributed by atoms with van der Waals surface area (Å²) in [5, 5.41) is 3.91. The Kier molecular flexibility index (Phi) is 2.66. The van der Waals surface area contributed by atoms with E-state index in [1.54, 1.807) is 0 Å². The number of hydrogen-bond donors (Lipinski definition) is 2. The van der Waals surface area contributed by atoms with Crippen LogP contribution in [0.3, 0.4) is 0 Å². The third kappa shape index (κ3) is 1.91. The fraction of sp³-hybridized carbons (Fsp3) is 0.0769. The van der Waals surface area contributed by atoms with Crippen molar-refractivity contribution in [3.63, 3.8) is 0 Å². The van der Waals surface area contributed by atoms with Crippen LogP contribution in [0.4, 0.5) is 0 Å². The first-order valence-corrected chi connectivity index (χ1v) is 5.62. The number of nitrogens with two attached hydrogens (primary N) is 1. The molecule has 0 saturated carbocycles. The molecule has 0 aliphatic heterocycles. The van der Waals surface area contributed by atoms with E-state index in [4.69, 9.17) is 10.3 Å². The van der Waals surface area contributed by atoms with Gasteiger partial charge in [-0.25, -0.2) is 0 Å². The van der Waals surface area contributed by atoms with E-state index in [-0.39, 0.29) is 0 Å². The summed E-state index contributed by atoms with van der Waals surface area (Å²) in [6.07, 6.45) is 1.81. The molecule has 0 aliphatic rings. The lowest BCUT2D eigenvalue weighted by molar-refractivity contribution is 0.367. The van der Waals surface area contributed by atoms with Crippen molar-refractivity contribution < 1.29 is 4.52 Å². The van der Waals surface area contributed by atoms with Crippen LogP contribution in [-0.2, 0) is 0 Å². The first-order chi connectivity index (χ1) is 8.84. The highest BCUT2D eigenvalue weighted by Gasteiger charge is 2.17. The lowest BCUT2D eigenvalue weighted by Gasteiger charge is -2.05. The van der Waals surface area contributed by atoms with E-state index in [1.807, 2.05) is 48.7 Å². The van der Waals surface area contributed by atoms with Gasteiger partial charge in [-0.05, 0) is 17.7 Å². The second-order valence-electron chi connectivity index (χ2n) is 3.93. The van der Waals surface area contributed by atoms with Crippen molar-refractivity contribution in [1.29, 1.82) is 0 Å². The molecule has 1 aromatic carbocycles. The molecule has 2 heterocycles. The van der Waals surface area contributed by atoms with Crippen LogP contribution in [0.25, 0.3) is 11.5 Å². The molecule has 0 unspecified atom stereocenters. The van der Waals surface area contributed by atoms with Gasteiger partial charge in [0.05, 0.1) is 5.69 Å². The van der Waals surface area contributed by atoms with Crippen LogP contribution in [0.2, 0.25) is 0 Å². The number of nitrogens with zero attached hydrogens (tertiary/aromatic N) is 2. The zero-order valence-corrected chi connectivity index (χ0v) is 9.58. The second kappa shape index (κ2) is 4.46. The molecule has 18 heavy (non-hydrogen) atoms. The quantitative estimate of drug-likeness (QED) is 0.734. The molecule has 0 spiro atoms. The number of aromatic amines is 1. The summed E-state index contributed by atoms with van der Waals surface area (Å²) in [6, 6.07) is 13.0. The molecule has 5 heteroatoms. The molecule has 1 atom stereocenters. The van der Waals surface area contributed by atoms with Gasteiger partial charge in [-0.3, -0.25) is 0 Å². The Morgan fingerprint density at radius 2 is 1.94 bits per heavy atom. The molecule has 0 fully saturated rings. The van der Waals surface area contributed by atoms with Crippen molar-refractivity contribution in [2.24, 2.45) is 5.73 Å². The highest BCUT2D eigenvalue weighted by molar-refractivity contribution is 5.48. The van der Waals surface area contributed by atoms with Crippen molar-refractivity contribution >= 4 is 0 Å². The summed E-state index contributed by atoms with van der Waals surface area (Å²) in [4.78, 5) is 7.31. The number of nitrogens with one attached hydrogen (secondary N) is 1. The zero-order valence-electron chi connectivity index (χ0n) is 9.58. The molecule has 2 aromatic heterocycles. The van der Waals surface area contributed by atoms with Crippen LogP contribution in [-0.4, -0.2) is 15.1 Å². The van der Waals surface area contributed by atoms with E-state index < -0.39 is 6.04 Å². The van der Waals surface area contributed by atoms with Crippen molar-refractivity contribution in [3.05, 3.63) is 60.1 Å². The summed E-state index contributed by atoms with van der Waals surface area (Å²) in [5.41, 5.74) is 7.83. The number of H-pyrrole nitrogens is 1. The van der Waals surface area contributed by atoms with E-state index in [0.29, 0.717) is 11.7 Å². The minimum absolute atomic E-state index is 0.401. The standard InChI is InChI=1S/C13H12N4O/c14-11(9-5-2-1-3-6-9)13-16-12(17-18-13)10-7-4-8-15-10/h1-8,11,15H,14H2/t11-/m1/s1. The fourth-order valence-electron chi connectivity index (χ4n) is 1.74. The van der Waals surface area contributed by atoms with Crippen molar-refractivity contribution in [1.82, 2.24) is 15.1 Å². The van der Waals surface area contributed by atoms with Gasteiger partial charge < -0.3 is 15.2 Å². The van der Waals surface area contributed by atoms with Gasteiger partial charge in [-0.1, -0.05) is 35.5 Å². The summed E-state index contributed by atoms with van der Waals surface area (Å²) >= 11 is 0. The van der Waals surface area contributed by atoms with E-state index in [0.717, 1.165) is 11.3 Å². The SMILES string of the molecule is N[C@H](c1ccccc1)c1nc(-c2ccc[nH]2)no1. The third-order valence-electron chi connectivity index (χ3n) is 2.71. The zero-order chi connectivity index (χ0) is 12.4. The molecule has 0 radical (unpaired) electrons. The van der Waals surface area contributed by atoms with E-state index in [2.05, 4.69) is 15.1 Å². The maximum Gasteiger partial charge on any atom is 0.248 e. The number of aromatic nitrogens is 3. The van der Waals surface area contributed by atoms with Gasteiger partial charge in [0.25, 0.3) is 0 Å². The number of hydrogen-bond acceptors (Lipinski definition) is 4. The Morgan fingerprint density at radius 1 is 1.11 bits per heavy atom. The Labute approximate surface area is 104 Å². The average molecular weight is 240 g/mol. The van der Waals surface area contributed by atoms with E-state index in [1.165, 1.54) is 0 Å². The van der Waals surface area contributed by atoms with Crippen molar-refractivity contribution in [2.75, 3.05) is 0 Å². The normalized spacial score (nSPS) is 12.5. The summed E-state index contributed by atoms with van der Waals surface area (Å²) in [5.74, 6) is 0.923. The first kappa shape index (κ1) is 10.7. The Hall–Kier alpha value is -2.40. The molecule has 90 valence electrons. The Balaban J connectivity index is 1.90. The summed E-state index contributed by atoms with van der Waals surface area (Å²) in [6.45, 7) is 0. The number of rotatable bonds is 3. The first-order valence-electron chi connectivity index (χ1n) is 5.62. The molecular weight excluding hydrogens is 228 g/mol. The molecule has 3 aromatic rings. The highest BCUT2D eigenvalue weighted by atomic mass is 16.5. The van der Waals surface area contributed by atoms with Crippen LogP contribution in [0.5, 0.6) is 0 Å². The second-order valence-corrected chi connectivity index (χ2v) is 3.93. The van der Waals surface area contributed by atoms with Crippen LogP contribution in [0.15, 0.2) is 53.2 Å². The average Bonchev–Trinajstić information content (AvgIpc) is 3.09. The summed E-state index contributed by atoms with van der Waals surface area (Å²) in [7, 11) is 0. The van der Waals surface area contributed by atoms with Crippen LogP contribution >= 0.6 is 0 Å². The highest BCUT2D eigenvalue weighted by Crippen LogP contribution is 2.20. The molecule has 0 amide bonds. The van der Waals surface area contributed by atoms with Crippen LogP contribution in [0.1, 0.15) is 17.5 Å². The van der Waals surface area contributed by atoms with E-state index >= 15 is 0 Å². The molecule has 0 saturated heterocycles.